The molecule has 5 heteroatoms. The molecular weight excluding hydrogens is 284 g/mol. The van der Waals surface area contributed by atoms with Gasteiger partial charge in [-0.05, 0) is 31.5 Å². The maximum atomic E-state index is 11.9. The molecule has 0 saturated heterocycles. The summed E-state index contributed by atoms with van der Waals surface area (Å²) in [5.74, 6) is -0.181. The number of amides is 1. The highest BCUT2D eigenvalue weighted by Crippen LogP contribution is 2.19. The summed E-state index contributed by atoms with van der Waals surface area (Å²) >= 11 is 3.37. The van der Waals surface area contributed by atoms with Gasteiger partial charge in [0.05, 0.1) is 6.10 Å². The molecule has 4 N–H and O–H groups in total. The van der Waals surface area contributed by atoms with E-state index in [-0.39, 0.29) is 12.5 Å². The maximum absolute atomic E-state index is 11.9. The second kappa shape index (κ2) is 6.14. The first-order valence-electron chi connectivity index (χ1n) is 5.40. The first-order valence-corrected chi connectivity index (χ1v) is 6.19. The van der Waals surface area contributed by atoms with Crippen molar-refractivity contribution in [3.05, 3.63) is 33.8 Å². The molecule has 0 aliphatic carbocycles. The van der Waals surface area contributed by atoms with Crippen molar-refractivity contribution in [3.63, 3.8) is 0 Å². The number of hydrogen-bond acceptors (Lipinski definition) is 3. The zero-order chi connectivity index (χ0) is 13.0. The third kappa shape index (κ3) is 3.80. The average Bonchev–Trinajstić information content (AvgIpc) is 2.29. The third-order valence-electron chi connectivity index (χ3n) is 2.63. The smallest absolute Gasteiger partial charge is 0.251 e. The van der Waals surface area contributed by atoms with Crippen LogP contribution in [0.2, 0.25) is 0 Å². The summed E-state index contributed by atoms with van der Waals surface area (Å²) in [4.78, 5) is 11.9. The number of nitrogens with two attached hydrogens (primary N) is 1. The minimum absolute atomic E-state index is 0.181. The van der Waals surface area contributed by atoms with Crippen LogP contribution in [0.5, 0.6) is 0 Å². The van der Waals surface area contributed by atoms with E-state index in [2.05, 4.69) is 21.2 Å². The van der Waals surface area contributed by atoms with E-state index < -0.39 is 12.1 Å². The molecule has 94 valence electrons. The largest absolute Gasteiger partial charge is 0.392 e. The van der Waals surface area contributed by atoms with Crippen LogP contribution >= 0.6 is 15.9 Å². The van der Waals surface area contributed by atoms with Gasteiger partial charge in [-0.1, -0.05) is 22.0 Å². The number of carbonyl (C=O) groups excluding carboxylic acids is 1. The summed E-state index contributed by atoms with van der Waals surface area (Å²) in [6.45, 7) is 3.72. The lowest BCUT2D eigenvalue weighted by Gasteiger charge is -2.16. The van der Waals surface area contributed by atoms with E-state index in [0.717, 1.165) is 10.0 Å². The van der Waals surface area contributed by atoms with Crippen LogP contribution in [0.4, 0.5) is 0 Å². The summed E-state index contributed by atoms with van der Waals surface area (Å²) in [6.07, 6.45) is -0.640. The van der Waals surface area contributed by atoms with Gasteiger partial charge in [-0.3, -0.25) is 4.79 Å². The van der Waals surface area contributed by atoms with Gasteiger partial charge < -0.3 is 16.2 Å². The van der Waals surface area contributed by atoms with Crippen LogP contribution in [-0.2, 0) is 0 Å². The molecule has 0 aliphatic rings. The normalized spacial score (nSPS) is 14.2. The quantitative estimate of drug-likeness (QED) is 0.782. The number of rotatable bonds is 4. The molecular formula is C12H17BrN2O2. The summed E-state index contributed by atoms with van der Waals surface area (Å²) in [6, 6.07) is 4.99. The highest BCUT2D eigenvalue weighted by atomic mass is 79.9. The van der Waals surface area contributed by atoms with Gasteiger partial charge in [-0.25, -0.2) is 0 Å². The first-order chi connectivity index (χ1) is 7.93. The van der Waals surface area contributed by atoms with Crippen LogP contribution in [-0.4, -0.2) is 29.7 Å². The molecule has 1 rings (SSSR count). The van der Waals surface area contributed by atoms with E-state index >= 15 is 0 Å². The highest BCUT2D eigenvalue weighted by Gasteiger charge is 2.13. The zero-order valence-corrected chi connectivity index (χ0v) is 11.5. The maximum Gasteiger partial charge on any atom is 0.251 e. The van der Waals surface area contributed by atoms with Gasteiger partial charge >= 0.3 is 0 Å². The fraction of sp³-hybridized carbons (Fsp3) is 0.417. The van der Waals surface area contributed by atoms with E-state index in [0.29, 0.717) is 5.56 Å². The monoisotopic (exact) mass is 300 g/mol. The molecule has 1 aromatic carbocycles. The standard InChI is InChI=1S/C12H17BrN2O2/c1-7-9(4-3-5-10(7)13)12(17)15-6-11(14)8(2)16/h3-5,8,11,16H,6,14H2,1-2H3,(H,15,17). The van der Waals surface area contributed by atoms with Crippen molar-refractivity contribution < 1.29 is 9.90 Å². The SMILES string of the molecule is Cc1c(Br)cccc1C(=O)NCC(N)C(C)O. The van der Waals surface area contributed by atoms with Crippen molar-refractivity contribution in [1.82, 2.24) is 5.32 Å². The molecule has 0 fully saturated rings. The summed E-state index contributed by atoms with van der Waals surface area (Å²) in [7, 11) is 0. The second-order valence-electron chi connectivity index (χ2n) is 4.03. The predicted molar refractivity (Wildman–Crippen MR) is 70.9 cm³/mol. The van der Waals surface area contributed by atoms with Gasteiger partial charge in [-0.15, -0.1) is 0 Å². The molecule has 2 unspecified atom stereocenters. The van der Waals surface area contributed by atoms with Crippen molar-refractivity contribution in [2.45, 2.75) is 26.0 Å². The number of carbonyl (C=O) groups is 1. The predicted octanol–water partition coefficient (Wildman–Crippen LogP) is 1.20. The molecule has 0 spiro atoms. The molecule has 0 aliphatic heterocycles. The van der Waals surface area contributed by atoms with E-state index in [1.807, 2.05) is 13.0 Å². The fourth-order valence-electron chi connectivity index (χ4n) is 1.33. The minimum atomic E-state index is -0.640. The zero-order valence-electron chi connectivity index (χ0n) is 9.90. The van der Waals surface area contributed by atoms with E-state index in [1.165, 1.54) is 0 Å². The number of benzene rings is 1. The third-order valence-corrected chi connectivity index (χ3v) is 3.49. The Morgan fingerprint density at radius 1 is 1.59 bits per heavy atom. The molecule has 1 amide bonds. The fourth-order valence-corrected chi connectivity index (χ4v) is 1.70. The number of hydrogen-bond donors (Lipinski definition) is 3. The molecule has 0 aromatic heterocycles. The van der Waals surface area contributed by atoms with E-state index in [9.17, 15) is 9.90 Å². The molecule has 17 heavy (non-hydrogen) atoms. The molecule has 4 nitrogen and oxygen atoms in total. The molecule has 0 saturated carbocycles. The second-order valence-corrected chi connectivity index (χ2v) is 4.88. The number of nitrogens with one attached hydrogen (secondary N) is 1. The van der Waals surface area contributed by atoms with Crippen molar-refractivity contribution >= 4 is 21.8 Å². The van der Waals surface area contributed by atoms with Crippen molar-refractivity contribution in [2.24, 2.45) is 5.73 Å². The molecule has 0 heterocycles. The minimum Gasteiger partial charge on any atom is -0.392 e. The summed E-state index contributed by atoms with van der Waals surface area (Å²) in [5.41, 5.74) is 7.13. The van der Waals surface area contributed by atoms with Crippen LogP contribution < -0.4 is 11.1 Å². The Balaban J connectivity index is 2.68. The van der Waals surface area contributed by atoms with Crippen LogP contribution in [0, 0.1) is 6.92 Å². The Kier molecular flexibility index (Phi) is 5.11. The average molecular weight is 301 g/mol. The molecule has 2 atom stereocenters. The van der Waals surface area contributed by atoms with Crippen LogP contribution in [0.25, 0.3) is 0 Å². The number of aliphatic hydroxyl groups is 1. The Morgan fingerprint density at radius 2 is 2.24 bits per heavy atom. The van der Waals surface area contributed by atoms with Gasteiger partial charge in [-0.2, -0.15) is 0 Å². The van der Waals surface area contributed by atoms with Crippen LogP contribution in [0.1, 0.15) is 22.8 Å². The summed E-state index contributed by atoms with van der Waals surface area (Å²) in [5, 5.41) is 11.9. The Bertz CT molecular complexity index is 407. The lowest BCUT2D eigenvalue weighted by molar-refractivity contribution is 0.0937. The summed E-state index contributed by atoms with van der Waals surface area (Å²) < 4.78 is 0.893. The topological polar surface area (TPSA) is 75.4 Å². The van der Waals surface area contributed by atoms with Gasteiger partial charge in [0, 0.05) is 22.6 Å². The Labute approximate surface area is 109 Å². The number of halogens is 1. The number of aliphatic hydroxyl groups excluding tert-OH is 1. The van der Waals surface area contributed by atoms with Gasteiger partial charge in [0.1, 0.15) is 0 Å². The van der Waals surface area contributed by atoms with E-state index in [1.54, 1.807) is 19.1 Å². The van der Waals surface area contributed by atoms with Crippen LogP contribution in [0.3, 0.4) is 0 Å². The molecule has 0 radical (unpaired) electrons. The Morgan fingerprint density at radius 3 is 2.82 bits per heavy atom. The van der Waals surface area contributed by atoms with Crippen LogP contribution in [0.15, 0.2) is 22.7 Å². The molecule has 0 bridgehead atoms. The van der Waals surface area contributed by atoms with Gasteiger partial charge in [0.15, 0.2) is 0 Å². The van der Waals surface area contributed by atoms with Gasteiger partial charge in [0.2, 0.25) is 0 Å². The van der Waals surface area contributed by atoms with E-state index in [4.69, 9.17) is 5.73 Å². The van der Waals surface area contributed by atoms with Crippen molar-refractivity contribution in [1.29, 1.82) is 0 Å². The molecule has 1 aromatic rings. The van der Waals surface area contributed by atoms with Crippen molar-refractivity contribution in [3.8, 4) is 0 Å². The lowest BCUT2D eigenvalue weighted by Crippen LogP contribution is -2.43. The Hall–Kier alpha value is -0.910. The van der Waals surface area contributed by atoms with Crippen molar-refractivity contribution in [2.75, 3.05) is 6.54 Å². The first kappa shape index (κ1) is 14.2. The highest BCUT2D eigenvalue weighted by molar-refractivity contribution is 9.10. The van der Waals surface area contributed by atoms with Gasteiger partial charge in [0.25, 0.3) is 5.91 Å². The lowest BCUT2D eigenvalue weighted by atomic mass is 10.1.